The Labute approximate surface area is 263 Å². The van der Waals surface area contributed by atoms with Gasteiger partial charge in [0.05, 0.1) is 11.4 Å². The molecule has 0 bridgehead atoms. The summed E-state index contributed by atoms with van der Waals surface area (Å²) in [5.74, 6) is -0.760. The van der Waals surface area contributed by atoms with E-state index in [0.717, 1.165) is 0 Å². The molecule has 6 aromatic rings. The molecule has 0 saturated heterocycles. The topological polar surface area (TPSA) is 59.1 Å². The van der Waals surface area contributed by atoms with Gasteiger partial charge in [0.1, 0.15) is 0 Å². The molecule has 45 heavy (non-hydrogen) atoms. The molecule has 7 heteroatoms. The molecule has 0 aliphatic rings. The summed E-state index contributed by atoms with van der Waals surface area (Å²) in [6, 6.07) is 55.3. The van der Waals surface area contributed by atoms with Crippen LogP contribution < -0.4 is 20.5 Å². The second-order valence-corrected chi connectivity index (χ2v) is 12.9. The molecule has 0 aliphatic carbocycles. The van der Waals surface area contributed by atoms with Crippen molar-refractivity contribution in [1.29, 1.82) is 0 Å². The van der Waals surface area contributed by atoms with E-state index in [4.69, 9.17) is 9.05 Å². The van der Waals surface area contributed by atoms with Crippen molar-refractivity contribution in [2.24, 2.45) is 0 Å². The molecule has 220 valence electrons. The highest BCUT2D eigenvalue weighted by Gasteiger charge is 2.50. The van der Waals surface area contributed by atoms with Crippen molar-refractivity contribution < 1.29 is 18.6 Å². The zero-order chi connectivity index (χ0) is 30.9. The molecule has 6 rings (SSSR count). The number of rotatable bonds is 10. The highest BCUT2D eigenvalue weighted by Crippen LogP contribution is 2.26. The van der Waals surface area contributed by atoms with E-state index in [1.165, 1.54) is 10.1 Å². The number of anilines is 2. The quantitative estimate of drug-likeness (QED) is 0.127. The Morgan fingerprint density at radius 2 is 0.644 bits per heavy atom. The molecule has 6 aromatic carbocycles. The van der Waals surface area contributed by atoms with E-state index in [2.05, 4.69) is 0 Å². The third-order valence-corrected chi connectivity index (χ3v) is 10.2. The standard InChI is InChI=1S/C38H30N2O4Si/c41-37(31-19-7-1-8-20-31)39(33-23-11-3-12-24-33)43-45(35-27-15-5-16-28-35,36-29-17-6-18-30-36)44-40(34-25-13-4-14-26-34)38(42)32-21-9-2-10-22-32/h1-30H. The predicted molar refractivity (Wildman–Crippen MR) is 179 cm³/mol. The lowest BCUT2D eigenvalue weighted by Gasteiger charge is -2.38. The smallest absolute Gasteiger partial charge is 0.266 e. The molecular weight excluding hydrogens is 577 g/mol. The van der Waals surface area contributed by atoms with Crippen LogP contribution in [0.1, 0.15) is 20.7 Å². The number of benzene rings is 6. The fourth-order valence-corrected chi connectivity index (χ4v) is 7.85. The molecular formula is C38H30N2O4Si. The summed E-state index contributed by atoms with van der Waals surface area (Å²) in [5, 5.41) is 3.97. The second kappa shape index (κ2) is 13.8. The van der Waals surface area contributed by atoms with Crippen LogP contribution in [0.3, 0.4) is 0 Å². The lowest BCUT2D eigenvalue weighted by molar-refractivity contribution is 0.0756. The van der Waals surface area contributed by atoms with E-state index in [0.29, 0.717) is 32.9 Å². The Bertz CT molecular complexity index is 1690. The molecule has 0 N–H and O–H groups in total. The van der Waals surface area contributed by atoms with Gasteiger partial charge in [0.2, 0.25) is 0 Å². The molecule has 2 amide bonds. The fraction of sp³-hybridized carbons (Fsp3) is 0. The van der Waals surface area contributed by atoms with Gasteiger partial charge in [-0.1, -0.05) is 133 Å². The average Bonchev–Trinajstić information content (AvgIpc) is 3.13. The Morgan fingerprint density at radius 3 is 0.956 bits per heavy atom. The summed E-state index contributed by atoms with van der Waals surface area (Å²) in [6.45, 7) is 0. The van der Waals surface area contributed by atoms with Crippen LogP contribution in [0.5, 0.6) is 0 Å². The summed E-state index contributed by atoms with van der Waals surface area (Å²) >= 11 is 0. The van der Waals surface area contributed by atoms with Gasteiger partial charge in [-0.25, -0.2) is 0 Å². The predicted octanol–water partition coefficient (Wildman–Crippen LogP) is 6.80. The van der Waals surface area contributed by atoms with E-state index in [9.17, 15) is 9.59 Å². The number of nitrogens with zero attached hydrogens (tertiary/aromatic N) is 2. The van der Waals surface area contributed by atoms with Crippen LogP contribution in [0.2, 0.25) is 0 Å². The number of hydrogen-bond acceptors (Lipinski definition) is 4. The van der Waals surface area contributed by atoms with Crippen molar-refractivity contribution in [2.45, 2.75) is 0 Å². The first-order chi connectivity index (χ1) is 22.2. The molecule has 6 nitrogen and oxygen atoms in total. The van der Waals surface area contributed by atoms with Crippen molar-refractivity contribution >= 4 is 42.1 Å². The van der Waals surface area contributed by atoms with E-state index in [1.54, 1.807) is 48.5 Å². The van der Waals surface area contributed by atoms with Gasteiger partial charge in [-0.05, 0) is 48.5 Å². The van der Waals surface area contributed by atoms with Gasteiger partial charge in [0, 0.05) is 21.5 Å². The maximum Gasteiger partial charge on any atom is 0.456 e. The summed E-state index contributed by atoms with van der Waals surface area (Å²) in [7, 11) is -4.02. The van der Waals surface area contributed by atoms with Crippen molar-refractivity contribution in [3.8, 4) is 0 Å². The zero-order valence-corrected chi connectivity index (χ0v) is 25.3. The SMILES string of the molecule is O=C(c1ccccc1)N(O[Si](ON(C(=O)c1ccccc1)c1ccccc1)(c1ccccc1)c1ccccc1)c1ccccc1. The first-order valence-electron chi connectivity index (χ1n) is 14.5. The summed E-state index contributed by atoms with van der Waals surface area (Å²) in [5.41, 5.74) is 1.90. The normalized spacial score (nSPS) is 11.0. The van der Waals surface area contributed by atoms with E-state index < -0.39 is 8.56 Å². The molecule has 0 saturated carbocycles. The van der Waals surface area contributed by atoms with Gasteiger partial charge in [-0.15, -0.1) is 0 Å². The van der Waals surface area contributed by atoms with Crippen LogP contribution in [0.4, 0.5) is 11.4 Å². The number of hydroxylamine groups is 2. The third kappa shape index (κ3) is 6.51. The van der Waals surface area contributed by atoms with E-state index in [1.807, 2.05) is 133 Å². The van der Waals surface area contributed by atoms with Gasteiger partial charge in [0.15, 0.2) is 0 Å². The molecule has 0 aliphatic heterocycles. The maximum atomic E-state index is 14.3. The molecule has 0 heterocycles. The average molecular weight is 607 g/mol. The Balaban J connectivity index is 1.58. The number of hydrogen-bond donors (Lipinski definition) is 0. The zero-order valence-electron chi connectivity index (χ0n) is 24.3. The van der Waals surface area contributed by atoms with Crippen LogP contribution in [0, 0.1) is 0 Å². The molecule has 0 atom stereocenters. The van der Waals surface area contributed by atoms with Crippen LogP contribution in [-0.2, 0) is 9.05 Å². The number of amides is 2. The van der Waals surface area contributed by atoms with E-state index >= 15 is 0 Å². The van der Waals surface area contributed by atoms with Gasteiger partial charge >= 0.3 is 8.56 Å². The lowest BCUT2D eigenvalue weighted by atomic mass is 10.2. The molecule has 0 spiro atoms. The van der Waals surface area contributed by atoms with Crippen LogP contribution in [-0.4, -0.2) is 20.4 Å². The summed E-state index contributed by atoms with van der Waals surface area (Å²) in [6.07, 6.45) is 0. The Morgan fingerprint density at radius 1 is 0.378 bits per heavy atom. The molecule has 0 aromatic heterocycles. The highest BCUT2D eigenvalue weighted by molar-refractivity contribution is 6.93. The maximum absolute atomic E-state index is 14.3. The Kier molecular flexibility index (Phi) is 9.03. The van der Waals surface area contributed by atoms with Crippen molar-refractivity contribution in [1.82, 2.24) is 0 Å². The number of carbonyl (C=O) groups excluding carboxylic acids is 2. The van der Waals surface area contributed by atoms with Crippen molar-refractivity contribution in [2.75, 3.05) is 10.1 Å². The monoisotopic (exact) mass is 606 g/mol. The molecule has 0 unspecified atom stereocenters. The van der Waals surface area contributed by atoms with Crippen LogP contribution in [0.25, 0.3) is 0 Å². The second-order valence-electron chi connectivity index (χ2n) is 10.1. The minimum absolute atomic E-state index is 0.380. The van der Waals surface area contributed by atoms with Crippen LogP contribution >= 0.6 is 0 Å². The van der Waals surface area contributed by atoms with Crippen LogP contribution in [0.15, 0.2) is 182 Å². The van der Waals surface area contributed by atoms with Gasteiger partial charge in [0.25, 0.3) is 11.8 Å². The third-order valence-electron chi connectivity index (χ3n) is 7.14. The molecule has 0 fully saturated rings. The first kappa shape index (κ1) is 29.5. The van der Waals surface area contributed by atoms with Crippen molar-refractivity contribution in [3.63, 3.8) is 0 Å². The van der Waals surface area contributed by atoms with Crippen molar-refractivity contribution in [3.05, 3.63) is 193 Å². The van der Waals surface area contributed by atoms with Gasteiger partial charge < -0.3 is 0 Å². The highest BCUT2D eigenvalue weighted by atomic mass is 28.4. The largest absolute Gasteiger partial charge is 0.456 e. The fourth-order valence-electron chi connectivity index (χ4n) is 4.91. The Hall–Kier alpha value is -5.60. The molecule has 0 radical (unpaired) electrons. The van der Waals surface area contributed by atoms with Gasteiger partial charge in [-0.2, -0.15) is 10.1 Å². The number of carbonyl (C=O) groups is 2. The first-order valence-corrected chi connectivity index (χ1v) is 16.4. The minimum Gasteiger partial charge on any atom is -0.266 e. The minimum atomic E-state index is -4.02. The summed E-state index contributed by atoms with van der Waals surface area (Å²) < 4.78 is 14.1. The van der Waals surface area contributed by atoms with E-state index in [-0.39, 0.29) is 11.8 Å². The van der Waals surface area contributed by atoms with Gasteiger partial charge in [-0.3, -0.25) is 18.6 Å². The lowest BCUT2D eigenvalue weighted by Crippen LogP contribution is -2.69. The summed E-state index contributed by atoms with van der Waals surface area (Å²) in [4.78, 5) is 28.6. The number of para-hydroxylation sites is 2.